The van der Waals surface area contributed by atoms with E-state index in [1.807, 2.05) is 62.8 Å². The van der Waals surface area contributed by atoms with Gasteiger partial charge in [0, 0.05) is 53.4 Å². The van der Waals surface area contributed by atoms with Gasteiger partial charge in [-0.3, -0.25) is 4.68 Å². The second kappa shape index (κ2) is 11.2. The van der Waals surface area contributed by atoms with Gasteiger partial charge in [-0.25, -0.2) is 19.7 Å². The van der Waals surface area contributed by atoms with E-state index in [9.17, 15) is 4.79 Å². The molecule has 5 aromatic rings. The normalized spacial score (nSPS) is 11.1. The monoisotopic (exact) mass is 522 g/mol. The predicted molar refractivity (Wildman–Crippen MR) is 153 cm³/mol. The van der Waals surface area contributed by atoms with E-state index < -0.39 is 0 Å². The molecular formula is C29H30N8O2. The molecule has 3 heterocycles. The predicted octanol–water partition coefficient (Wildman–Crippen LogP) is 6.73. The summed E-state index contributed by atoms with van der Waals surface area (Å²) in [4.78, 5) is 25.6. The Kier molecular flexibility index (Phi) is 7.35. The number of nitrogens with zero attached hydrogens (tertiary/aromatic N) is 5. The standard InChI is InChI=1S/C29H30N8O2/c1-18(2)33-27-14-24(11-12-31-27)39-23-8-6-22(7-9-23)34-29(38)35-26-16-37(19(3)4)36-28(26)20-5-10-25-21(13-20)15-30-17-32-25/h5-19H,1-4H3,(H,31,33)(H2,34,35,38). The highest BCUT2D eigenvalue weighted by Crippen LogP contribution is 2.30. The molecule has 39 heavy (non-hydrogen) atoms. The Morgan fingerprint density at radius 3 is 2.51 bits per heavy atom. The first-order chi connectivity index (χ1) is 18.8. The molecule has 0 fully saturated rings. The number of ether oxygens (including phenoxy) is 1. The van der Waals surface area contributed by atoms with Crippen LogP contribution in [0.1, 0.15) is 33.7 Å². The van der Waals surface area contributed by atoms with Crippen LogP contribution in [0.25, 0.3) is 22.2 Å². The fourth-order valence-corrected chi connectivity index (χ4v) is 3.97. The maximum absolute atomic E-state index is 12.9. The Morgan fingerprint density at radius 2 is 1.74 bits per heavy atom. The third-order valence-electron chi connectivity index (χ3n) is 5.80. The molecule has 0 atom stereocenters. The highest BCUT2D eigenvalue weighted by atomic mass is 16.5. The van der Waals surface area contributed by atoms with Crippen molar-refractivity contribution in [3.63, 3.8) is 0 Å². The number of carbonyl (C=O) groups is 1. The molecule has 2 aromatic carbocycles. The molecule has 0 saturated heterocycles. The number of hydrogen-bond acceptors (Lipinski definition) is 7. The van der Waals surface area contributed by atoms with Crippen molar-refractivity contribution in [1.29, 1.82) is 0 Å². The van der Waals surface area contributed by atoms with E-state index in [4.69, 9.17) is 9.84 Å². The number of rotatable bonds is 8. The first-order valence-corrected chi connectivity index (χ1v) is 12.7. The number of aromatic nitrogens is 5. The molecule has 10 nitrogen and oxygen atoms in total. The summed E-state index contributed by atoms with van der Waals surface area (Å²) >= 11 is 0. The maximum atomic E-state index is 12.9. The highest BCUT2D eigenvalue weighted by Gasteiger charge is 2.16. The van der Waals surface area contributed by atoms with Crippen molar-refractivity contribution in [2.45, 2.75) is 39.8 Å². The molecule has 3 N–H and O–H groups in total. The number of anilines is 3. The minimum absolute atomic E-state index is 0.122. The summed E-state index contributed by atoms with van der Waals surface area (Å²) in [6.07, 6.45) is 6.81. The van der Waals surface area contributed by atoms with Crippen molar-refractivity contribution in [1.82, 2.24) is 24.7 Å². The summed E-state index contributed by atoms with van der Waals surface area (Å²) in [5.74, 6) is 2.06. The smallest absolute Gasteiger partial charge is 0.323 e. The number of hydrogen-bond donors (Lipinski definition) is 3. The molecule has 0 saturated carbocycles. The zero-order valence-electron chi connectivity index (χ0n) is 22.2. The molecule has 198 valence electrons. The Hall–Kier alpha value is -4.99. The quantitative estimate of drug-likeness (QED) is 0.207. The van der Waals surface area contributed by atoms with Gasteiger partial charge in [-0.05, 0) is 70.2 Å². The number of fused-ring (bicyclic) bond motifs is 1. The summed E-state index contributed by atoms with van der Waals surface area (Å²) in [7, 11) is 0. The van der Waals surface area contributed by atoms with Gasteiger partial charge >= 0.3 is 6.03 Å². The average molecular weight is 523 g/mol. The van der Waals surface area contributed by atoms with Crippen LogP contribution in [0, 0.1) is 0 Å². The molecule has 10 heteroatoms. The fraction of sp³-hybridized carbons (Fsp3) is 0.207. The molecule has 0 aliphatic rings. The lowest BCUT2D eigenvalue weighted by molar-refractivity contribution is 0.262. The van der Waals surface area contributed by atoms with Gasteiger partial charge in [-0.1, -0.05) is 6.07 Å². The van der Waals surface area contributed by atoms with Gasteiger partial charge in [0.25, 0.3) is 0 Å². The molecule has 0 radical (unpaired) electrons. The van der Waals surface area contributed by atoms with Crippen LogP contribution in [0.15, 0.2) is 79.5 Å². The Balaban J connectivity index is 1.28. The van der Waals surface area contributed by atoms with E-state index in [1.54, 1.807) is 42.7 Å². The molecular weight excluding hydrogens is 492 g/mol. The summed E-state index contributed by atoms with van der Waals surface area (Å²) in [5, 5.41) is 14.7. The Morgan fingerprint density at radius 1 is 0.923 bits per heavy atom. The highest BCUT2D eigenvalue weighted by molar-refractivity contribution is 6.02. The third-order valence-corrected chi connectivity index (χ3v) is 5.80. The second-order valence-corrected chi connectivity index (χ2v) is 9.64. The van der Waals surface area contributed by atoms with Gasteiger partial charge < -0.3 is 20.7 Å². The van der Waals surface area contributed by atoms with E-state index in [-0.39, 0.29) is 18.1 Å². The van der Waals surface area contributed by atoms with Gasteiger partial charge in [0.2, 0.25) is 0 Å². The lowest BCUT2D eigenvalue weighted by Crippen LogP contribution is -2.19. The number of carbonyl (C=O) groups excluding carboxylic acids is 1. The van der Waals surface area contributed by atoms with Crippen molar-refractivity contribution in [2.75, 3.05) is 16.0 Å². The van der Waals surface area contributed by atoms with E-state index >= 15 is 0 Å². The van der Waals surface area contributed by atoms with Gasteiger partial charge in [0.05, 0.1) is 11.2 Å². The number of amides is 2. The molecule has 0 aliphatic carbocycles. The second-order valence-electron chi connectivity index (χ2n) is 9.64. The zero-order chi connectivity index (χ0) is 27.4. The summed E-state index contributed by atoms with van der Waals surface area (Å²) in [6, 6.07) is 16.6. The number of benzene rings is 2. The Labute approximate surface area is 226 Å². The average Bonchev–Trinajstić information content (AvgIpc) is 3.33. The van der Waals surface area contributed by atoms with Crippen molar-refractivity contribution in [2.24, 2.45) is 0 Å². The van der Waals surface area contributed by atoms with Crippen molar-refractivity contribution in [3.05, 3.63) is 79.5 Å². The van der Waals surface area contributed by atoms with Crippen LogP contribution < -0.4 is 20.7 Å². The molecule has 3 aromatic heterocycles. The van der Waals surface area contributed by atoms with Crippen molar-refractivity contribution in [3.8, 4) is 22.8 Å². The lowest BCUT2D eigenvalue weighted by Gasteiger charge is -2.11. The fourth-order valence-electron chi connectivity index (χ4n) is 3.97. The topological polar surface area (TPSA) is 119 Å². The molecule has 0 bridgehead atoms. The van der Waals surface area contributed by atoms with E-state index in [2.05, 4.69) is 30.9 Å². The summed E-state index contributed by atoms with van der Waals surface area (Å²) < 4.78 is 7.77. The first-order valence-electron chi connectivity index (χ1n) is 12.7. The van der Waals surface area contributed by atoms with Gasteiger partial charge in [-0.15, -0.1) is 0 Å². The molecule has 2 amide bonds. The van der Waals surface area contributed by atoms with E-state index in [0.29, 0.717) is 28.6 Å². The van der Waals surface area contributed by atoms with Crippen LogP contribution in [-0.2, 0) is 0 Å². The largest absolute Gasteiger partial charge is 0.457 e. The maximum Gasteiger partial charge on any atom is 0.323 e. The van der Waals surface area contributed by atoms with Crippen molar-refractivity contribution >= 4 is 34.1 Å². The Bertz CT molecular complexity index is 1600. The van der Waals surface area contributed by atoms with Crippen LogP contribution in [0.2, 0.25) is 0 Å². The lowest BCUT2D eigenvalue weighted by atomic mass is 10.1. The molecule has 5 rings (SSSR count). The number of urea groups is 1. The SMILES string of the molecule is CC(C)Nc1cc(Oc2ccc(NC(=O)Nc3cn(C(C)C)nc3-c3ccc4ncncc4c3)cc2)ccn1. The van der Waals surface area contributed by atoms with Crippen LogP contribution >= 0.6 is 0 Å². The van der Waals surface area contributed by atoms with Crippen LogP contribution in [0.5, 0.6) is 11.5 Å². The van der Waals surface area contributed by atoms with E-state index in [0.717, 1.165) is 22.3 Å². The van der Waals surface area contributed by atoms with Gasteiger partial charge in [-0.2, -0.15) is 5.10 Å². The first kappa shape index (κ1) is 25.7. The summed E-state index contributed by atoms with van der Waals surface area (Å²) in [5.41, 5.74) is 3.58. The van der Waals surface area contributed by atoms with Gasteiger partial charge in [0.15, 0.2) is 0 Å². The zero-order valence-corrected chi connectivity index (χ0v) is 22.2. The number of nitrogens with one attached hydrogen (secondary N) is 3. The minimum atomic E-state index is -0.379. The van der Waals surface area contributed by atoms with Crippen molar-refractivity contribution < 1.29 is 9.53 Å². The minimum Gasteiger partial charge on any atom is -0.457 e. The number of pyridine rings is 1. The van der Waals surface area contributed by atoms with E-state index in [1.165, 1.54) is 6.33 Å². The van der Waals surface area contributed by atoms with Crippen LogP contribution in [0.3, 0.4) is 0 Å². The van der Waals surface area contributed by atoms with Crippen LogP contribution in [0.4, 0.5) is 22.0 Å². The molecule has 0 unspecified atom stereocenters. The molecule has 0 spiro atoms. The molecule has 0 aliphatic heterocycles. The van der Waals surface area contributed by atoms with Crippen LogP contribution in [-0.4, -0.2) is 36.8 Å². The third kappa shape index (κ3) is 6.30. The van der Waals surface area contributed by atoms with Gasteiger partial charge in [0.1, 0.15) is 29.3 Å². The summed E-state index contributed by atoms with van der Waals surface area (Å²) in [6.45, 7) is 8.17.